The molecule has 286 valence electrons. The second-order valence-electron chi connectivity index (χ2n) is 17.8. The van der Waals surface area contributed by atoms with Crippen LogP contribution in [0.25, 0.3) is 0 Å². The fraction of sp³-hybridized carbons (Fsp3) is 0.902. The van der Waals surface area contributed by atoms with E-state index in [4.69, 9.17) is 14.0 Å². The van der Waals surface area contributed by atoms with Crippen LogP contribution in [0.1, 0.15) is 139 Å². The van der Waals surface area contributed by atoms with Crippen LogP contribution in [-0.2, 0) is 14.0 Å². The fourth-order valence-electron chi connectivity index (χ4n) is 10.9. The minimum atomic E-state index is -1.75. The van der Waals surface area contributed by atoms with Gasteiger partial charge in [-0.2, -0.15) is 5.26 Å². The predicted molar refractivity (Wildman–Crippen MR) is 203 cm³/mol. The lowest BCUT2D eigenvalue weighted by molar-refractivity contribution is -0.0581. The van der Waals surface area contributed by atoms with Crippen molar-refractivity contribution in [3.63, 3.8) is 0 Å². The first-order valence-corrected chi connectivity index (χ1v) is 21.4. The number of hydrogen-bond acceptors (Lipinski definition) is 7. The Morgan fingerprint density at radius 2 is 1.76 bits per heavy atom. The average molecular weight is 718 g/mol. The van der Waals surface area contributed by atoms with Crippen LogP contribution in [0, 0.1) is 63.6 Å². The zero-order valence-corrected chi connectivity index (χ0v) is 34.0. The number of nitrogens with zero attached hydrogens (tertiary/aromatic N) is 2. The molecule has 1 amide bonds. The normalized spacial score (nSPS) is 32.6. The van der Waals surface area contributed by atoms with Gasteiger partial charge in [0.1, 0.15) is 6.10 Å². The molecule has 9 heteroatoms. The third-order valence-electron chi connectivity index (χ3n) is 13.5. The van der Waals surface area contributed by atoms with Crippen molar-refractivity contribution in [2.24, 2.45) is 52.3 Å². The Balaban J connectivity index is 1.16. The smallest absolute Gasteiger partial charge is 0.407 e. The van der Waals surface area contributed by atoms with Crippen LogP contribution in [0.5, 0.6) is 0 Å². The zero-order valence-electron chi connectivity index (χ0n) is 33.1. The topological polar surface area (TPSA) is 104 Å². The Bertz CT molecular complexity index is 1150. The summed E-state index contributed by atoms with van der Waals surface area (Å²) >= 11 is 0. The highest BCUT2D eigenvalue weighted by Crippen LogP contribution is 2.67. The Kier molecular flexibility index (Phi) is 15.5. The highest BCUT2D eigenvalue weighted by atomic mass is 31.2. The number of fused-ring (bicyclic) bond motifs is 5. The van der Waals surface area contributed by atoms with Crippen LogP contribution in [0.3, 0.4) is 0 Å². The van der Waals surface area contributed by atoms with E-state index in [1.165, 1.54) is 56.9 Å². The Labute approximate surface area is 306 Å². The summed E-state index contributed by atoms with van der Waals surface area (Å²) < 4.78 is 19.2. The van der Waals surface area contributed by atoms with Gasteiger partial charge in [0.2, 0.25) is 0 Å². The number of hydrogen-bond donors (Lipinski definition) is 2. The first kappa shape index (κ1) is 41.5. The molecule has 2 N–H and O–H groups in total. The van der Waals surface area contributed by atoms with E-state index < -0.39 is 8.53 Å². The summed E-state index contributed by atoms with van der Waals surface area (Å²) in [5.74, 6) is 4.58. The van der Waals surface area contributed by atoms with Gasteiger partial charge < -0.3 is 24.2 Å². The molecule has 50 heavy (non-hydrogen) atoms. The van der Waals surface area contributed by atoms with Gasteiger partial charge >= 0.3 is 6.09 Å². The molecule has 4 rings (SSSR count). The van der Waals surface area contributed by atoms with Crippen molar-refractivity contribution in [1.82, 2.24) is 9.99 Å². The number of alkyl carbamates (subject to hydrolysis) is 1. The highest BCUT2D eigenvalue weighted by Gasteiger charge is 2.59. The van der Waals surface area contributed by atoms with Gasteiger partial charge in [-0.15, -0.1) is 0 Å². The van der Waals surface area contributed by atoms with Crippen molar-refractivity contribution in [3.05, 3.63) is 11.6 Å². The molecule has 0 aromatic rings. The molecule has 0 heterocycles. The Morgan fingerprint density at radius 1 is 1.02 bits per heavy atom. The summed E-state index contributed by atoms with van der Waals surface area (Å²) in [7, 11) is -1.75. The van der Waals surface area contributed by atoms with E-state index >= 15 is 0 Å². The molecule has 0 aliphatic heterocycles. The van der Waals surface area contributed by atoms with Gasteiger partial charge in [-0.1, -0.05) is 65.5 Å². The fourth-order valence-corrected chi connectivity index (χ4v) is 12.1. The number of carbonyl (C=O) groups excluding carboxylic acids is 1. The van der Waals surface area contributed by atoms with E-state index in [2.05, 4.69) is 52.1 Å². The SMILES string of the molecule is CC(C)CCC[C@@H](C)[C@H]1CCC2C3CC=C4CC(OC(=O)NCCOCCC(C#N)COP(O)N(C(C)C)C(C)C)CC[C@]4(C)C3CC[C@@]21C. The van der Waals surface area contributed by atoms with Gasteiger partial charge in [-0.25, -0.2) is 9.46 Å². The van der Waals surface area contributed by atoms with Crippen molar-refractivity contribution >= 4 is 14.6 Å². The number of carbonyl (C=O) groups is 1. The molecule has 4 aliphatic carbocycles. The van der Waals surface area contributed by atoms with Crippen LogP contribution >= 0.6 is 8.53 Å². The second-order valence-corrected chi connectivity index (χ2v) is 19.1. The average Bonchev–Trinajstić information content (AvgIpc) is 3.41. The quantitative estimate of drug-likeness (QED) is 0.0826. The van der Waals surface area contributed by atoms with Crippen LogP contribution in [-0.4, -0.2) is 60.2 Å². The van der Waals surface area contributed by atoms with Crippen LogP contribution in [0.2, 0.25) is 0 Å². The van der Waals surface area contributed by atoms with Gasteiger partial charge in [0.15, 0.2) is 0 Å². The van der Waals surface area contributed by atoms with E-state index in [0.717, 1.165) is 54.8 Å². The molecule has 0 aromatic heterocycles. The third-order valence-corrected chi connectivity index (χ3v) is 15.2. The summed E-state index contributed by atoms with van der Waals surface area (Å²) in [6, 6.07) is 2.55. The van der Waals surface area contributed by atoms with E-state index in [9.17, 15) is 14.9 Å². The molecule has 0 spiro atoms. The van der Waals surface area contributed by atoms with Crippen molar-refractivity contribution in [2.45, 2.75) is 158 Å². The first-order valence-electron chi connectivity index (χ1n) is 20.2. The summed E-state index contributed by atoms with van der Waals surface area (Å²) in [5, 5.41) is 12.4. The number of allylic oxidation sites excluding steroid dienone is 1. The van der Waals surface area contributed by atoms with Crippen molar-refractivity contribution < 1.29 is 23.7 Å². The Hall–Kier alpha value is -1.23. The Morgan fingerprint density at radius 3 is 2.44 bits per heavy atom. The molecule has 8 nitrogen and oxygen atoms in total. The maximum atomic E-state index is 12.7. The number of nitriles is 1. The minimum absolute atomic E-state index is 0.0705. The van der Waals surface area contributed by atoms with E-state index in [-0.39, 0.29) is 42.2 Å². The summed E-state index contributed by atoms with van der Waals surface area (Å²) in [6.45, 7) is 21.8. The maximum Gasteiger partial charge on any atom is 0.407 e. The maximum absolute atomic E-state index is 12.7. The molecular formula is C41H72N3O5P. The molecule has 6 unspecified atom stereocenters. The lowest BCUT2D eigenvalue weighted by Crippen LogP contribution is -2.51. The van der Waals surface area contributed by atoms with Gasteiger partial charge in [0.25, 0.3) is 8.53 Å². The molecule has 4 aliphatic rings. The van der Waals surface area contributed by atoms with Crippen molar-refractivity contribution in [1.29, 1.82) is 5.26 Å². The van der Waals surface area contributed by atoms with Gasteiger partial charge in [0.05, 0.1) is 25.2 Å². The van der Waals surface area contributed by atoms with E-state index in [0.29, 0.717) is 31.6 Å². The highest BCUT2D eigenvalue weighted by molar-refractivity contribution is 7.43. The lowest BCUT2D eigenvalue weighted by Gasteiger charge is -2.58. The molecule has 10 atom stereocenters. The standard InChI is InChI=1S/C41H72N3O5P/c1-28(2)11-10-12-31(7)36-15-16-37-35-14-13-33-25-34(17-20-40(33,8)38(35)18-21-41(36,37)9)49-39(45)43-22-24-47-23-19-32(26-42)27-48-50(46)44(29(3)4)30(5)6/h13,28-32,34-38,46H,10-12,14-25,27H2,1-9H3,(H,43,45)/t31-,32?,34?,35?,36-,37?,38?,40+,41-,50?/m1/s1. The van der Waals surface area contributed by atoms with Gasteiger partial charge in [-0.3, -0.25) is 0 Å². The first-order chi connectivity index (χ1) is 23.7. The lowest BCUT2D eigenvalue weighted by atomic mass is 9.47. The molecular weight excluding hydrogens is 645 g/mol. The van der Waals surface area contributed by atoms with Crippen LogP contribution in [0.15, 0.2) is 11.6 Å². The summed E-state index contributed by atoms with van der Waals surface area (Å²) in [5.41, 5.74) is 2.28. The number of amides is 1. The van der Waals surface area contributed by atoms with Crippen LogP contribution < -0.4 is 5.32 Å². The number of ether oxygens (including phenoxy) is 2. The number of nitrogens with one attached hydrogen (secondary N) is 1. The van der Waals surface area contributed by atoms with Crippen LogP contribution in [0.4, 0.5) is 4.79 Å². The van der Waals surface area contributed by atoms with Crippen molar-refractivity contribution in [3.8, 4) is 6.07 Å². The van der Waals surface area contributed by atoms with Crippen molar-refractivity contribution in [2.75, 3.05) is 26.4 Å². The van der Waals surface area contributed by atoms with E-state index in [1.807, 2.05) is 32.4 Å². The number of rotatable bonds is 18. The molecule has 0 saturated heterocycles. The largest absolute Gasteiger partial charge is 0.446 e. The zero-order chi connectivity index (χ0) is 36.6. The third kappa shape index (κ3) is 10.0. The summed E-state index contributed by atoms with van der Waals surface area (Å²) in [6.07, 6.45) is 16.4. The molecule has 0 aromatic carbocycles. The molecule has 0 bridgehead atoms. The van der Waals surface area contributed by atoms with E-state index in [1.54, 1.807) is 0 Å². The van der Waals surface area contributed by atoms with Gasteiger partial charge in [-0.05, 0) is 125 Å². The minimum Gasteiger partial charge on any atom is -0.446 e. The molecule has 3 saturated carbocycles. The predicted octanol–water partition coefficient (Wildman–Crippen LogP) is 10.0. The second kappa shape index (κ2) is 18.7. The van der Waals surface area contributed by atoms with Gasteiger partial charge in [0, 0.05) is 31.7 Å². The molecule has 0 radical (unpaired) electrons. The summed E-state index contributed by atoms with van der Waals surface area (Å²) in [4.78, 5) is 23.2. The monoisotopic (exact) mass is 718 g/mol. The molecule has 3 fully saturated rings.